The first-order valence-electron chi connectivity index (χ1n) is 9.02. The Bertz CT molecular complexity index is 863. The second-order valence-electron chi connectivity index (χ2n) is 7.07. The number of urea groups is 1. The standard InChI is InChI=1S/C19H23N3O7/c1-10(2)15-14(17(23)28-5)16(12-7-6-8-13(9-12)22(26)27)21(18(24)20-15)19(25)29-11(3)4/h6-11,14,16H,1-5H3. The average molecular weight is 405 g/mol. The van der Waals surface area contributed by atoms with Crippen LogP contribution in [0.15, 0.2) is 29.3 Å². The monoisotopic (exact) mass is 405 g/mol. The second-order valence-corrected chi connectivity index (χ2v) is 7.07. The summed E-state index contributed by atoms with van der Waals surface area (Å²) in [5.41, 5.74) is 0.202. The number of hydrogen-bond acceptors (Lipinski definition) is 7. The van der Waals surface area contributed by atoms with E-state index in [1.807, 2.05) is 0 Å². The number of methoxy groups -OCH3 is 1. The molecule has 2 rings (SSSR count). The number of benzene rings is 1. The summed E-state index contributed by atoms with van der Waals surface area (Å²) in [7, 11) is 1.18. The molecule has 0 radical (unpaired) electrons. The summed E-state index contributed by atoms with van der Waals surface area (Å²) < 4.78 is 10.1. The lowest BCUT2D eigenvalue weighted by molar-refractivity contribution is -0.385. The summed E-state index contributed by atoms with van der Waals surface area (Å²) in [5, 5.41) is 11.2. The van der Waals surface area contributed by atoms with Crippen LogP contribution in [-0.4, -0.2) is 46.8 Å². The molecule has 10 heteroatoms. The van der Waals surface area contributed by atoms with Crippen LogP contribution in [0.3, 0.4) is 0 Å². The third kappa shape index (κ3) is 4.58. The quantitative estimate of drug-likeness (QED) is 0.416. The van der Waals surface area contributed by atoms with Crippen LogP contribution in [-0.2, 0) is 14.3 Å². The molecule has 0 fully saturated rings. The highest BCUT2D eigenvalue weighted by Crippen LogP contribution is 2.38. The molecule has 0 aromatic heterocycles. The van der Waals surface area contributed by atoms with E-state index in [0.717, 1.165) is 0 Å². The Balaban J connectivity index is 2.72. The first kappa shape index (κ1) is 22.0. The molecule has 1 aliphatic heterocycles. The highest BCUT2D eigenvalue weighted by molar-refractivity contribution is 6.12. The zero-order valence-electron chi connectivity index (χ0n) is 16.8. The molecule has 1 heterocycles. The fourth-order valence-electron chi connectivity index (χ4n) is 3.14. The van der Waals surface area contributed by atoms with Crippen molar-refractivity contribution in [3.63, 3.8) is 0 Å². The lowest BCUT2D eigenvalue weighted by Gasteiger charge is -2.38. The molecule has 1 aromatic rings. The zero-order valence-corrected chi connectivity index (χ0v) is 16.8. The van der Waals surface area contributed by atoms with Crippen molar-refractivity contribution < 1.29 is 28.8 Å². The maximum atomic E-state index is 12.7. The highest BCUT2D eigenvalue weighted by atomic mass is 16.6. The van der Waals surface area contributed by atoms with E-state index >= 15 is 0 Å². The Kier molecular flexibility index (Phi) is 6.68. The van der Waals surface area contributed by atoms with Gasteiger partial charge in [-0.15, -0.1) is 0 Å². The van der Waals surface area contributed by atoms with Gasteiger partial charge in [0.1, 0.15) is 5.92 Å². The molecule has 1 aliphatic rings. The van der Waals surface area contributed by atoms with Gasteiger partial charge in [-0.3, -0.25) is 14.9 Å². The largest absolute Gasteiger partial charge is 0.468 e. The van der Waals surface area contributed by atoms with Gasteiger partial charge in [-0.05, 0) is 25.3 Å². The van der Waals surface area contributed by atoms with Gasteiger partial charge in [-0.2, -0.15) is 0 Å². The van der Waals surface area contributed by atoms with Crippen molar-refractivity contribution in [2.45, 2.75) is 39.8 Å². The van der Waals surface area contributed by atoms with E-state index in [1.165, 1.54) is 31.4 Å². The van der Waals surface area contributed by atoms with E-state index in [9.17, 15) is 24.5 Å². The molecule has 0 saturated carbocycles. The third-order valence-corrected chi connectivity index (χ3v) is 4.35. The number of hydrogen-bond donors (Lipinski definition) is 0. The predicted octanol–water partition coefficient (Wildman–Crippen LogP) is 3.50. The predicted molar refractivity (Wildman–Crippen MR) is 102 cm³/mol. The van der Waals surface area contributed by atoms with Crippen LogP contribution >= 0.6 is 0 Å². The number of rotatable bonds is 5. The van der Waals surface area contributed by atoms with Crippen molar-refractivity contribution >= 4 is 29.5 Å². The lowest BCUT2D eigenvalue weighted by atomic mass is 9.82. The number of non-ortho nitro benzene ring substituents is 1. The Labute approximate surface area is 167 Å². The first-order valence-corrected chi connectivity index (χ1v) is 9.02. The van der Waals surface area contributed by atoms with E-state index < -0.39 is 41.1 Å². The third-order valence-electron chi connectivity index (χ3n) is 4.35. The first-order chi connectivity index (χ1) is 13.6. The van der Waals surface area contributed by atoms with Crippen LogP contribution in [0.2, 0.25) is 0 Å². The van der Waals surface area contributed by atoms with E-state index in [0.29, 0.717) is 4.90 Å². The number of imide groups is 1. The van der Waals surface area contributed by atoms with Gasteiger partial charge in [0.2, 0.25) is 0 Å². The van der Waals surface area contributed by atoms with E-state index in [1.54, 1.807) is 27.7 Å². The number of esters is 1. The zero-order chi connectivity index (χ0) is 21.9. The van der Waals surface area contributed by atoms with E-state index in [2.05, 4.69) is 4.99 Å². The van der Waals surface area contributed by atoms with E-state index in [4.69, 9.17) is 9.47 Å². The fraction of sp³-hybridized carbons (Fsp3) is 0.474. The molecule has 1 aromatic carbocycles. The fourth-order valence-corrected chi connectivity index (χ4v) is 3.14. The van der Waals surface area contributed by atoms with Gasteiger partial charge < -0.3 is 9.47 Å². The summed E-state index contributed by atoms with van der Waals surface area (Å²) in [6, 6.07) is 3.30. The summed E-state index contributed by atoms with van der Waals surface area (Å²) in [5.74, 6) is -2.16. The maximum Gasteiger partial charge on any atom is 0.418 e. The van der Waals surface area contributed by atoms with Crippen LogP contribution in [0, 0.1) is 22.0 Å². The van der Waals surface area contributed by atoms with Crippen LogP contribution in [0.4, 0.5) is 15.3 Å². The molecule has 10 nitrogen and oxygen atoms in total. The van der Waals surface area contributed by atoms with Gasteiger partial charge in [0.05, 0.1) is 24.2 Å². The van der Waals surface area contributed by atoms with E-state index in [-0.39, 0.29) is 22.9 Å². The number of nitro groups is 1. The molecule has 3 amide bonds. The average Bonchev–Trinajstić information content (AvgIpc) is 2.65. The molecule has 0 spiro atoms. The number of ether oxygens (including phenoxy) is 2. The van der Waals surface area contributed by atoms with Crippen molar-refractivity contribution in [1.29, 1.82) is 0 Å². The Morgan fingerprint density at radius 1 is 1.24 bits per heavy atom. The molecule has 2 atom stereocenters. The Morgan fingerprint density at radius 3 is 2.41 bits per heavy atom. The molecule has 0 aliphatic carbocycles. The SMILES string of the molecule is COC(=O)C1C(C(C)C)=NC(=O)N(C(=O)OC(C)C)C1c1cccc([N+](=O)[O-])c1. The number of nitro benzene ring substituents is 1. The van der Waals surface area contributed by atoms with Crippen molar-refractivity contribution in [3.8, 4) is 0 Å². The number of carbonyl (C=O) groups excluding carboxylic acids is 3. The summed E-state index contributed by atoms with van der Waals surface area (Å²) in [6.45, 7) is 6.70. The topological polar surface area (TPSA) is 128 Å². The minimum absolute atomic E-state index is 0.219. The number of aliphatic imine (C=N–C) groups is 1. The molecular weight excluding hydrogens is 382 g/mol. The van der Waals surface area contributed by atoms with Gasteiger partial charge in [0, 0.05) is 17.8 Å². The minimum atomic E-state index is -1.20. The Morgan fingerprint density at radius 2 is 1.90 bits per heavy atom. The van der Waals surface area contributed by atoms with Crippen LogP contribution in [0.5, 0.6) is 0 Å². The van der Waals surface area contributed by atoms with Crippen molar-refractivity contribution in [3.05, 3.63) is 39.9 Å². The number of carbonyl (C=O) groups is 3. The molecule has 2 unspecified atom stereocenters. The molecule has 156 valence electrons. The summed E-state index contributed by atoms with van der Waals surface area (Å²) >= 11 is 0. The molecule has 0 N–H and O–H groups in total. The number of amides is 3. The van der Waals surface area contributed by atoms with Crippen molar-refractivity contribution in [2.75, 3.05) is 7.11 Å². The second kappa shape index (κ2) is 8.80. The molecule has 29 heavy (non-hydrogen) atoms. The van der Waals surface area contributed by atoms with Crippen LogP contribution in [0.1, 0.15) is 39.3 Å². The summed E-state index contributed by atoms with van der Waals surface area (Å²) in [6.07, 6.45) is -1.53. The Hall–Kier alpha value is -3.30. The highest BCUT2D eigenvalue weighted by Gasteiger charge is 2.48. The lowest BCUT2D eigenvalue weighted by Crippen LogP contribution is -2.51. The van der Waals surface area contributed by atoms with Gasteiger partial charge in [-0.1, -0.05) is 26.0 Å². The minimum Gasteiger partial charge on any atom is -0.468 e. The van der Waals surface area contributed by atoms with Crippen LogP contribution < -0.4 is 0 Å². The normalized spacial score (nSPS) is 19.2. The number of nitrogens with zero attached hydrogens (tertiary/aromatic N) is 3. The van der Waals surface area contributed by atoms with Crippen LogP contribution in [0.25, 0.3) is 0 Å². The molecule has 0 bridgehead atoms. The van der Waals surface area contributed by atoms with Crippen molar-refractivity contribution in [2.24, 2.45) is 16.8 Å². The van der Waals surface area contributed by atoms with Gasteiger partial charge in [0.25, 0.3) is 5.69 Å². The van der Waals surface area contributed by atoms with Gasteiger partial charge in [-0.25, -0.2) is 19.5 Å². The van der Waals surface area contributed by atoms with Crippen molar-refractivity contribution in [1.82, 2.24) is 4.90 Å². The molecular formula is C19H23N3O7. The smallest absolute Gasteiger partial charge is 0.418 e. The van der Waals surface area contributed by atoms with Gasteiger partial charge >= 0.3 is 18.1 Å². The maximum absolute atomic E-state index is 12.7. The summed E-state index contributed by atoms with van der Waals surface area (Å²) in [4.78, 5) is 53.4. The van der Waals surface area contributed by atoms with Gasteiger partial charge in [0.15, 0.2) is 0 Å². The molecule has 0 saturated heterocycles.